The Morgan fingerprint density at radius 3 is 2.38 bits per heavy atom. The average Bonchev–Trinajstić information content (AvgIpc) is 2.81. The van der Waals surface area contributed by atoms with Crippen molar-refractivity contribution in [3.8, 4) is 5.75 Å². The minimum Gasteiger partial charge on any atom is -0.484 e. The molecule has 1 aliphatic rings. The lowest BCUT2D eigenvalue weighted by Crippen LogP contribution is -2.56. The first-order chi connectivity index (χ1) is 15.6. The minimum absolute atomic E-state index is 0.00904. The highest BCUT2D eigenvalue weighted by molar-refractivity contribution is 6.30. The fraction of sp³-hybridized carbons (Fsp3) is 0.269. The lowest BCUT2D eigenvalue weighted by atomic mass is 10.0. The van der Waals surface area contributed by atoms with Gasteiger partial charge in [-0.2, -0.15) is 0 Å². The molecule has 6 heteroatoms. The third-order valence-corrected chi connectivity index (χ3v) is 5.95. The molecule has 0 aliphatic carbocycles. The van der Waals surface area contributed by atoms with Crippen LogP contribution in [0.4, 0.5) is 4.39 Å². The maximum atomic E-state index is 13.2. The van der Waals surface area contributed by atoms with Gasteiger partial charge in [-0.25, -0.2) is 4.39 Å². The number of hydrogen-bond donors (Lipinski definition) is 0. The highest BCUT2D eigenvalue weighted by Crippen LogP contribution is 2.19. The normalized spacial score (nSPS) is 16.7. The van der Waals surface area contributed by atoms with Gasteiger partial charge in [0.15, 0.2) is 6.61 Å². The van der Waals surface area contributed by atoms with Gasteiger partial charge in [0.25, 0.3) is 5.91 Å². The maximum absolute atomic E-state index is 13.2. The van der Waals surface area contributed by atoms with Crippen molar-refractivity contribution >= 4 is 17.5 Å². The third-order valence-electron chi connectivity index (χ3n) is 5.70. The molecule has 0 saturated carbocycles. The first-order valence-corrected chi connectivity index (χ1v) is 11.1. The molecule has 3 aromatic carbocycles. The van der Waals surface area contributed by atoms with Crippen molar-refractivity contribution in [2.75, 3.05) is 26.2 Å². The summed E-state index contributed by atoms with van der Waals surface area (Å²) in [5.74, 6) is 0.367. The van der Waals surface area contributed by atoms with Gasteiger partial charge in [0.2, 0.25) is 0 Å². The van der Waals surface area contributed by atoms with Crippen molar-refractivity contribution in [2.24, 2.45) is 0 Å². The smallest absolute Gasteiger partial charge is 0.260 e. The molecule has 4 nitrogen and oxygen atoms in total. The zero-order chi connectivity index (χ0) is 22.3. The van der Waals surface area contributed by atoms with E-state index in [9.17, 15) is 9.18 Å². The molecule has 1 atom stereocenters. The van der Waals surface area contributed by atoms with Crippen LogP contribution >= 0.6 is 11.6 Å². The number of carbonyl (C=O) groups is 1. The largest absolute Gasteiger partial charge is 0.484 e. The van der Waals surface area contributed by atoms with E-state index in [2.05, 4.69) is 17.0 Å². The average molecular weight is 453 g/mol. The predicted molar refractivity (Wildman–Crippen MR) is 124 cm³/mol. The zero-order valence-corrected chi connectivity index (χ0v) is 18.5. The van der Waals surface area contributed by atoms with Gasteiger partial charge < -0.3 is 9.64 Å². The molecule has 0 aromatic heterocycles. The molecule has 1 saturated heterocycles. The second-order valence-electron chi connectivity index (χ2n) is 8.03. The van der Waals surface area contributed by atoms with Crippen molar-refractivity contribution < 1.29 is 13.9 Å². The second-order valence-corrected chi connectivity index (χ2v) is 8.47. The van der Waals surface area contributed by atoms with Crippen molar-refractivity contribution in [1.29, 1.82) is 0 Å². The first kappa shape index (κ1) is 22.3. The summed E-state index contributed by atoms with van der Waals surface area (Å²) in [4.78, 5) is 17.3. The Labute approximate surface area is 193 Å². The predicted octanol–water partition coefficient (Wildman–Crippen LogP) is 4.81. The summed E-state index contributed by atoms with van der Waals surface area (Å²) >= 11 is 5.92. The fourth-order valence-corrected chi connectivity index (χ4v) is 4.19. The van der Waals surface area contributed by atoms with E-state index in [0.29, 0.717) is 17.3 Å². The van der Waals surface area contributed by atoms with Crippen LogP contribution in [0.2, 0.25) is 5.02 Å². The van der Waals surface area contributed by atoms with Crippen LogP contribution in [-0.2, 0) is 17.8 Å². The van der Waals surface area contributed by atoms with E-state index in [1.807, 2.05) is 35.2 Å². The molecule has 166 valence electrons. The number of benzene rings is 3. The van der Waals surface area contributed by atoms with Crippen LogP contribution in [0.5, 0.6) is 5.75 Å². The van der Waals surface area contributed by atoms with Gasteiger partial charge in [0, 0.05) is 37.2 Å². The van der Waals surface area contributed by atoms with Crippen molar-refractivity contribution in [3.05, 3.63) is 101 Å². The van der Waals surface area contributed by atoms with Crippen LogP contribution in [0, 0.1) is 5.82 Å². The second kappa shape index (κ2) is 10.6. The third kappa shape index (κ3) is 6.09. The number of halogens is 2. The van der Waals surface area contributed by atoms with Crippen LogP contribution in [0.25, 0.3) is 0 Å². The van der Waals surface area contributed by atoms with Crippen LogP contribution in [0.3, 0.4) is 0 Å². The number of rotatable bonds is 7. The standard InChI is InChI=1S/C26H26ClFN2O2/c27-22-8-12-25(13-9-22)32-19-26(31)30-15-14-29(17-21-6-10-23(28)11-7-21)18-24(30)16-20-4-2-1-3-5-20/h1-13,24H,14-19H2/t24-/m1/s1. The Kier molecular flexibility index (Phi) is 7.40. The molecular formula is C26H26ClFN2O2. The highest BCUT2D eigenvalue weighted by atomic mass is 35.5. The van der Waals surface area contributed by atoms with E-state index >= 15 is 0 Å². The molecule has 3 aromatic rings. The van der Waals surface area contributed by atoms with E-state index in [4.69, 9.17) is 16.3 Å². The van der Waals surface area contributed by atoms with E-state index in [-0.39, 0.29) is 24.4 Å². The quantitative estimate of drug-likeness (QED) is 0.515. The summed E-state index contributed by atoms with van der Waals surface area (Å²) in [5, 5.41) is 0.629. The lowest BCUT2D eigenvalue weighted by molar-refractivity contribution is -0.138. The Balaban J connectivity index is 1.43. The van der Waals surface area contributed by atoms with Gasteiger partial charge >= 0.3 is 0 Å². The highest BCUT2D eigenvalue weighted by Gasteiger charge is 2.30. The Morgan fingerprint density at radius 2 is 1.66 bits per heavy atom. The van der Waals surface area contributed by atoms with Gasteiger partial charge in [-0.3, -0.25) is 9.69 Å². The summed E-state index contributed by atoms with van der Waals surface area (Å²) < 4.78 is 19.0. The molecule has 0 bridgehead atoms. The maximum Gasteiger partial charge on any atom is 0.260 e. The first-order valence-electron chi connectivity index (χ1n) is 10.8. The van der Waals surface area contributed by atoms with E-state index in [1.54, 1.807) is 24.3 Å². The van der Waals surface area contributed by atoms with Crippen molar-refractivity contribution in [1.82, 2.24) is 9.80 Å². The SMILES string of the molecule is O=C(COc1ccc(Cl)cc1)N1CCN(Cc2ccc(F)cc2)C[C@H]1Cc1ccccc1. The molecule has 4 rings (SSSR count). The molecule has 1 fully saturated rings. The van der Waals surface area contributed by atoms with Gasteiger partial charge in [0.1, 0.15) is 11.6 Å². The molecule has 1 amide bonds. The van der Waals surface area contributed by atoms with Crippen LogP contribution < -0.4 is 4.74 Å². The van der Waals surface area contributed by atoms with Crippen molar-refractivity contribution in [2.45, 2.75) is 19.0 Å². The Morgan fingerprint density at radius 1 is 0.938 bits per heavy atom. The summed E-state index contributed by atoms with van der Waals surface area (Å²) in [6.07, 6.45) is 0.771. The van der Waals surface area contributed by atoms with E-state index in [1.165, 1.54) is 17.7 Å². The van der Waals surface area contributed by atoms with Crippen LogP contribution in [-0.4, -0.2) is 48.0 Å². The van der Waals surface area contributed by atoms with Crippen molar-refractivity contribution in [3.63, 3.8) is 0 Å². The Hall–Kier alpha value is -2.89. The zero-order valence-electron chi connectivity index (χ0n) is 17.8. The number of piperazine rings is 1. The topological polar surface area (TPSA) is 32.8 Å². The minimum atomic E-state index is -0.230. The lowest BCUT2D eigenvalue weighted by Gasteiger charge is -2.41. The summed E-state index contributed by atoms with van der Waals surface area (Å²) in [7, 11) is 0. The van der Waals surface area contributed by atoms with Gasteiger partial charge in [0.05, 0.1) is 0 Å². The molecule has 1 aliphatic heterocycles. The molecule has 0 spiro atoms. The number of nitrogens with zero attached hydrogens (tertiary/aromatic N) is 2. The van der Waals surface area contributed by atoms with Gasteiger partial charge in [-0.1, -0.05) is 54.1 Å². The molecule has 1 heterocycles. The molecule has 0 N–H and O–H groups in total. The molecule has 0 unspecified atom stereocenters. The van der Waals surface area contributed by atoms with Gasteiger partial charge in [-0.05, 0) is 53.9 Å². The number of carbonyl (C=O) groups excluding carboxylic acids is 1. The summed E-state index contributed by atoms with van der Waals surface area (Å²) in [6, 6.07) is 23.9. The molecule has 0 radical (unpaired) electrons. The Bertz CT molecular complexity index is 1010. The summed E-state index contributed by atoms with van der Waals surface area (Å²) in [6.45, 7) is 2.86. The monoisotopic (exact) mass is 452 g/mol. The number of amides is 1. The fourth-order valence-electron chi connectivity index (χ4n) is 4.06. The van der Waals surface area contributed by atoms with Crippen LogP contribution in [0.15, 0.2) is 78.9 Å². The molecular weight excluding hydrogens is 427 g/mol. The number of hydrogen-bond acceptors (Lipinski definition) is 3. The van der Waals surface area contributed by atoms with Gasteiger partial charge in [-0.15, -0.1) is 0 Å². The number of ether oxygens (including phenoxy) is 1. The molecule has 32 heavy (non-hydrogen) atoms. The van der Waals surface area contributed by atoms with E-state index in [0.717, 1.165) is 31.6 Å². The summed E-state index contributed by atoms with van der Waals surface area (Å²) in [5.41, 5.74) is 2.26. The van der Waals surface area contributed by atoms with Crippen LogP contribution in [0.1, 0.15) is 11.1 Å². The van der Waals surface area contributed by atoms with E-state index < -0.39 is 0 Å².